The SMILES string of the molecule is C/C1=C/C(=O)O[C@@H]2CC(CCCCCCCCC1)O[C@@](O)([C@@H]1CSC(=O)N1)C2. The molecule has 3 rings (SSSR count). The Balaban J connectivity index is 1.71. The van der Waals surface area contributed by atoms with E-state index in [0.29, 0.717) is 12.2 Å². The van der Waals surface area contributed by atoms with Crippen molar-refractivity contribution in [3.05, 3.63) is 11.6 Å². The van der Waals surface area contributed by atoms with Crippen LogP contribution in [0, 0.1) is 0 Å². The lowest BCUT2D eigenvalue weighted by Crippen LogP contribution is -2.58. The summed E-state index contributed by atoms with van der Waals surface area (Å²) in [6, 6.07) is -0.475. The summed E-state index contributed by atoms with van der Waals surface area (Å²) in [7, 11) is 0. The number of hydrogen-bond acceptors (Lipinski definition) is 6. The van der Waals surface area contributed by atoms with Crippen LogP contribution in [0.1, 0.15) is 77.6 Å². The van der Waals surface area contributed by atoms with Gasteiger partial charge >= 0.3 is 5.97 Å². The van der Waals surface area contributed by atoms with Gasteiger partial charge < -0.3 is 19.9 Å². The van der Waals surface area contributed by atoms with Gasteiger partial charge in [-0.2, -0.15) is 0 Å². The highest BCUT2D eigenvalue weighted by atomic mass is 32.2. The van der Waals surface area contributed by atoms with Crippen LogP contribution in [0.2, 0.25) is 0 Å². The first-order valence-corrected chi connectivity index (χ1v) is 11.6. The van der Waals surface area contributed by atoms with Crippen molar-refractivity contribution in [2.24, 2.45) is 0 Å². The number of thioether (sulfide) groups is 1. The highest BCUT2D eigenvalue weighted by molar-refractivity contribution is 8.14. The maximum absolute atomic E-state index is 12.4. The van der Waals surface area contributed by atoms with Crippen LogP contribution in [0.5, 0.6) is 0 Å². The van der Waals surface area contributed by atoms with Crippen LogP contribution in [-0.2, 0) is 14.3 Å². The standard InChI is InChI=1S/C21H33NO5S/c1-15-9-7-5-3-2-4-6-8-10-16-12-17(26-19(23)11-15)13-21(25,27-16)18-14-28-20(24)22-18/h11,16-18,25H,2-10,12-14H2,1H3,(H,22,24)/b15-11-/t16?,17-,18+,21-/m1/s1. The van der Waals surface area contributed by atoms with Gasteiger partial charge in [0.2, 0.25) is 0 Å². The number of allylic oxidation sites excluding steroid dienone is 1. The van der Waals surface area contributed by atoms with Gasteiger partial charge in [-0.1, -0.05) is 55.9 Å². The van der Waals surface area contributed by atoms with Crippen molar-refractivity contribution in [2.45, 2.75) is 102 Å². The highest BCUT2D eigenvalue weighted by Crippen LogP contribution is 2.36. The zero-order valence-electron chi connectivity index (χ0n) is 16.8. The molecule has 2 N–H and O–H groups in total. The smallest absolute Gasteiger partial charge is 0.330 e. The minimum absolute atomic E-state index is 0.147. The van der Waals surface area contributed by atoms with E-state index in [2.05, 4.69) is 5.32 Å². The second-order valence-electron chi connectivity index (χ2n) is 8.38. The molecular formula is C21H33NO5S. The molecule has 0 radical (unpaired) electrons. The van der Waals surface area contributed by atoms with E-state index in [1.165, 1.54) is 25.7 Å². The van der Waals surface area contributed by atoms with Gasteiger partial charge in [0.1, 0.15) is 6.10 Å². The van der Waals surface area contributed by atoms with Crippen molar-refractivity contribution in [1.29, 1.82) is 0 Å². The molecule has 6 nitrogen and oxygen atoms in total. The van der Waals surface area contributed by atoms with E-state index >= 15 is 0 Å². The van der Waals surface area contributed by atoms with Gasteiger partial charge in [-0.25, -0.2) is 4.79 Å². The van der Waals surface area contributed by atoms with E-state index in [9.17, 15) is 14.7 Å². The number of ether oxygens (including phenoxy) is 2. The van der Waals surface area contributed by atoms with Crippen LogP contribution in [0.4, 0.5) is 4.79 Å². The van der Waals surface area contributed by atoms with E-state index in [-0.39, 0.29) is 23.7 Å². The summed E-state index contributed by atoms with van der Waals surface area (Å²) in [5, 5.41) is 13.8. The summed E-state index contributed by atoms with van der Waals surface area (Å²) in [5.41, 5.74) is 1.04. The van der Waals surface area contributed by atoms with Crippen molar-refractivity contribution >= 4 is 23.0 Å². The Bertz CT molecular complexity index is 595. The normalized spacial score (nSPS) is 38.2. The number of hydrogen-bond donors (Lipinski definition) is 2. The van der Waals surface area contributed by atoms with Crippen molar-refractivity contribution in [3.8, 4) is 0 Å². The first kappa shape index (κ1) is 21.7. The number of rotatable bonds is 1. The maximum Gasteiger partial charge on any atom is 0.330 e. The van der Waals surface area contributed by atoms with Gasteiger partial charge in [0.15, 0.2) is 5.79 Å². The Labute approximate surface area is 171 Å². The molecule has 1 amide bonds. The number of amides is 1. The quantitative estimate of drug-likeness (QED) is 0.633. The first-order valence-electron chi connectivity index (χ1n) is 10.7. The predicted molar refractivity (Wildman–Crippen MR) is 109 cm³/mol. The van der Waals surface area contributed by atoms with Crippen LogP contribution < -0.4 is 5.32 Å². The zero-order valence-corrected chi connectivity index (χ0v) is 17.6. The molecule has 0 saturated carbocycles. The molecule has 28 heavy (non-hydrogen) atoms. The molecule has 3 heterocycles. The molecule has 7 heteroatoms. The number of esters is 1. The van der Waals surface area contributed by atoms with E-state index in [1.807, 2.05) is 6.92 Å². The third-order valence-corrected chi connectivity index (χ3v) is 6.76. The fraction of sp³-hybridized carbons (Fsp3) is 0.810. The van der Waals surface area contributed by atoms with Crippen LogP contribution in [0.15, 0.2) is 11.6 Å². The number of carbonyl (C=O) groups excluding carboxylic acids is 2. The van der Waals surface area contributed by atoms with Crippen LogP contribution in [-0.4, -0.2) is 46.1 Å². The van der Waals surface area contributed by atoms with Crippen molar-refractivity contribution in [3.63, 3.8) is 0 Å². The molecule has 3 aliphatic heterocycles. The van der Waals surface area contributed by atoms with Gasteiger partial charge in [-0.3, -0.25) is 4.79 Å². The molecule has 0 aromatic rings. The highest BCUT2D eigenvalue weighted by Gasteiger charge is 2.49. The molecule has 4 atom stereocenters. The molecule has 3 aliphatic rings. The van der Waals surface area contributed by atoms with Gasteiger partial charge in [0.25, 0.3) is 5.24 Å². The predicted octanol–water partition coefficient (Wildman–Crippen LogP) is 4.06. The monoisotopic (exact) mass is 411 g/mol. The lowest BCUT2D eigenvalue weighted by molar-refractivity contribution is -0.283. The average Bonchev–Trinajstić information content (AvgIpc) is 3.06. The largest absolute Gasteiger partial charge is 0.459 e. The molecular weight excluding hydrogens is 378 g/mol. The van der Waals surface area contributed by atoms with Crippen molar-refractivity contribution in [1.82, 2.24) is 5.32 Å². The lowest BCUT2D eigenvalue weighted by Gasteiger charge is -2.43. The molecule has 158 valence electrons. The number of carbonyl (C=O) groups is 2. The minimum Gasteiger partial charge on any atom is -0.459 e. The van der Waals surface area contributed by atoms with Crippen molar-refractivity contribution < 1.29 is 24.2 Å². The first-order chi connectivity index (χ1) is 13.4. The molecule has 1 unspecified atom stereocenters. The van der Waals surface area contributed by atoms with Crippen molar-refractivity contribution in [2.75, 3.05) is 5.75 Å². The van der Waals surface area contributed by atoms with E-state index in [4.69, 9.17) is 9.47 Å². The third kappa shape index (κ3) is 6.22. The Hall–Kier alpha value is -1.05. The van der Waals surface area contributed by atoms with Gasteiger partial charge in [0, 0.05) is 24.7 Å². The van der Waals surface area contributed by atoms with Gasteiger partial charge in [-0.15, -0.1) is 0 Å². The summed E-state index contributed by atoms with van der Waals surface area (Å²) < 4.78 is 11.8. The molecule has 0 aromatic heterocycles. The average molecular weight is 412 g/mol. The number of fused-ring (bicyclic) bond motifs is 2. The summed E-state index contributed by atoms with van der Waals surface area (Å²) in [4.78, 5) is 24.0. The molecule has 2 saturated heterocycles. The van der Waals surface area contributed by atoms with Crippen LogP contribution in [0.25, 0.3) is 0 Å². The molecule has 0 aromatic carbocycles. The van der Waals surface area contributed by atoms with Gasteiger partial charge in [-0.05, 0) is 26.2 Å². The van der Waals surface area contributed by atoms with Crippen LogP contribution in [0.3, 0.4) is 0 Å². The number of aliphatic hydroxyl groups is 1. The lowest BCUT2D eigenvalue weighted by atomic mass is 9.91. The van der Waals surface area contributed by atoms with Gasteiger partial charge in [0.05, 0.1) is 12.1 Å². The molecule has 0 spiro atoms. The third-order valence-electron chi connectivity index (χ3n) is 5.88. The topological polar surface area (TPSA) is 84.9 Å². The maximum atomic E-state index is 12.4. The van der Waals surface area contributed by atoms with E-state index in [1.54, 1.807) is 6.08 Å². The summed E-state index contributed by atoms with van der Waals surface area (Å²) in [5.74, 6) is -1.37. The Morgan fingerprint density at radius 3 is 2.54 bits per heavy atom. The fourth-order valence-corrected chi connectivity index (χ4v) is 5.22. The second-order valence-corrected chi connectivity index (χ2v) is 9.38. The fourth-order valence-electron chi connectivity index (χ4n) is 4.34. The summed E-state index contributed by atoms with van der Waals surface area (Å²) in [6.07, 6.45) is 11.7. The Morgan fingerprint density at radius 2 is 1.82 bits per heavy atom. The second kappa shape index (κ2) is 10.1. The molecule has 0 aliphatic carbocycles. The Kier molecular flexibility index (Phi) is 7.83. The van der Waals surface area contributed by atoms with Crippen LogP contribution >= 0.6 is 11.8 Å². The van der Waals surface area contributed by atoms with E-state index < -0.39 is 17.9 Å². The number of nitrogens with one attached hydrogen (secondary N) is 1. The summed E-state index contributed by atoms with van der Waals surface area (Å²) in [6.45, 7) is 1.97. The summed E-state index contributed by atoms with van der Waals surface area (Å²) >= 11 is 1.15. The zero-order chi connectivity index (χ0) is 20.0. The Morgan fingerprint density at radius 1 is 1.11 bits per heavy atom. The van der Waals surface area contributed by atoms with E-state index in [0.717, 1.165) is 49.4 Å². The molecule has 2 bridgehead atoms. The molecule has 2 fully saturated rings. The minimum atomic E-state index is -1.49.